The van der Waals surface area contributed by atoms with E-state index in [1.165, 1.54) is 10.5 Å². The third-order valence-corrected chi connectivity index (χ3v) is 7.35. The van der Waals surface area contributed by atoms with Crippen LogP contribution in [0.2, 0.25) is 0 Å². The molecule has 0 spiro atoms. The number of amides is 1. The van der Waals surface area contributed by atoms with Crippen LogP contribution in [-0.2, 0) is 19.5 Å². The Morgan fingerprint density at radius 2 is 2.09 bits per heavy atom. The molecule has 184 valence electrons. The minimum Gasteiger partial charge on any atom is -0.475 e. The lowest BCUT2D eigenvalue weighted by Gasteiger charge is -2.39. The molecule has 1 atom stereocenters. The monoisotopic (exact) mass is 476 g/mol. The molecule has 5 rings (SSSR count). The molecular weight excluding hydrogens is 444 g/mol. The lowest BCUT2D eigenvalue weighted by Crippen LogP contribution is -2.56. The number of ether oxygens (including phenoxy) is 1. The number of anilines is 1. The van der Waals surface area contributed by atoms with Crippen molar-refractivity contribution in [2.24, 2.45) is 0 Å². The quantitative estimate of drug-likeness (QED) is 0.629. The van der Waals surface area contributed by atoms with Crippen LogP contribution in [0.1, 0.15) is 35.2 Å². The van der Waals surface area contributed by atoms with Crippen molar-refractivity contribution in [1.29, 1.82) is 5.26 Å². The van der Waals surface area contributed by atoms with Gasteiger partial charge in [0, 0.05) is 44.3 Å². The molecule has 3 aliphatic heterocycles. The molecule has 1 amide bonds. The normalized spacial score (nSPS) is 20.7. The van der Waals surface area contributed by atoms with Gasteiger partial charge >= 0.3 is 6.09 Å². The van der Waals surface area contributed by atoms with Gasteiger partial charge in [0.2, 0.25) is 5.88 Å². The molecule has 2 saturated heterocycles. The van der Waals surface area contributed by atoms with Gasteiger partial charge < -0.3 is 25.0 Å². The van der Waals surface area contributed by atoms with Crippen molar-refractivity contribution in [3.8, 4) is 11.9 Å². The number of benzene rings is 1. The topological polar surface area (TPSA) is 105 Å². The molecule has 4 heterocycles. The predicted molar refractivity (Wildman–Crippen MR) is 131 cm³/mol. The Morgan fingerprint density at radius 3 is 2.77 bits per heavy atom. The van der Waals surface area contributed by atoms with Crippen LogP contribution < -0.4 is 10.1 Å². The Labute approximate surface area is 205 Å². The van der Waals surface area contributed by atoms with Crippen LogP contribution in [0.3, 0.4) is 0 Å². The van der Waals surface area contributed by atoms with Crippen LogP contribution in [0, 0.1) is 11.3 Å². The molecule has 3 aliphatic rings. The maximum absolute atomic E-state index is 11.2. The Bertz CT molecular complexity index is 1110. The second-order valence-electron chi connectivity index (χ2n) is 9.77. The van der Waals surface area contributed by atoms with Gasteiger partial charge in [-0.15, -0.1) is 0 Å². The maximum Gasteiger partial charge on any atom is 0.407 e. The number of hydrogen-bond donors (Lipinski definition) is 2. The summed E-state index contributed by atoms with van der Waals surface area (Å²) in [5.41, 5.74) is 4.42. The molecule has 0 bridgehead atoms. The summed E-state index contributed by atoms with van der Waals surface area (Å²) >= 11 is 0. The number of pyridine rings is 1. The molecule has 2 fully saturated rings. The molecule has 0 aliphatic carbocycles. The van der Waals surface area contributed by atoms with Gasteiger partial charge in [-0.2, -0.15) is 5.26 Å². The Morgan fingerprint density at radius 1 is 1.29 bits per heavy atom. The number of nitrogens with zero attached hydrogens (tertiary/aromatic N) is 5. The van der Waals surface area contributed by atoms with Crippen molar-refractivity contribution in [2.45, 2.75) is 44.4 Å². The summed E-state index contributed by atoms with van der Waals surface area (Å²) in [5.74, 6) is 0.380. The first-order valence-electron chi connectivity index (χ1n) is 12.3. The molecule has 9 heteroatoms. The van der Waals surface area contributed by atoms with E-state index in [0.29, 0.717) is 43.7 Å². The van der Waals surface area contributed by atoms with E-state index in [-0.39, 0.29) is 6.04 Å². The van der Waals surface area contributed by atoms with Gasteiger partial charge in [0.15, 0.2) is 0 Å². The smallest absolute Gasteiger partial charge is 0.407 e. The van der Waals surface area contributed by atoms with Crippen molar-refractivity contribution in [2.75, 3.05) is 45.2 Å². The summed E-state index contributed by atoms with van der Waals surface area (Å²) in [6, 6.07) is 13.0. The molecule has 9 nitrogen and oxygen atoms in total. The highest BCUT2D eigenvalue weighted by molar-refractivity contribution is 5.70. The summed E-state index contributed by atoms with van der Waals surface area (Å²) in [5, 5.41) is 22.8. The highest BCUT2D eigenvalue weighted by atomic mass is 16.5. The predicted octanol–water partition coefficient (Wildman–Crippen LogP) is 2.76. The SMILES string of the molecule is CN1CCCC1COc1nc2c(c(NC3CN(C(=O)O)C3)c1C#N)CCN(Cc1ccccc1)C2. The average molecular weight is 477 g/mol. The average Bonchev–Trinajstić information content (AvgIpc) is 3.24. The molecule has 0 radical (unpaired) electrons. The zero-order valence-electron chi connectivity index (χ0n) is 20.1. The summed E-state index contributed by atoms with van der Waals surface area (Å²) in [7, 11) is 2.10. The fourth-order valence-corrected chi connectivity index (χ4v) is 5.25. The second kappa shape index (κ2) is 10.1. The van der Waals surface area contributed by atoms with Crippen molar-refractivity contribution in [3.63, 3.8) is 0 Å². The molecule has 1 unspecified atom stereocenters. The van der Waals surface area contributed by atoms with E-state index in [9.17, 15) is 15.2 Å². The van der Waals surface area contributed by atoms with Crippen LogP contribution in [0.25, 0.3) is 0 Å². The van der Waals surface area contributed by atoms with Gasteiger partial charge in [-0.1, -0.05) is 30.3 Å². The van der Waals surface area contributed by atoms with Gasteiger partial charge in [-0.3, -0.25) is 4.90 Å². The van der Waals surface area contributed by atoms with E-state index >= 15 is 0 Å². The third-order valence-electron chi connectivity index (χ3n) is 7.35. The Hall–Kier alpha value is -3.35. The minimum absolute atomic E-state index is 0.0270. The molecule has 35 heavy (non-hydrogen) atoms. The first-order valence-corrected chi connectivity index (χ1v) is 12.3. The molecule has 1 aromatic carbocycles. The van der Waals surface area contributed by atoms with Gasteiger partial charge in [0.05, 0.1) is 17.4 Å². The first-order chi connectivity index (χ1) is 17.0. The van der Waals surface area contributed by atoms with E-state index < -0.39 is 6.09 Å². The highest BCUT2D eigenvalue weighted by Gasteiger charge is 2.34. The lowest BCUT2D eigenvalue weighted by molar-refractivity contribution is 0.111. The number of carbonyl (C=O) groups is 1. The molecular formula is C26H32N6O3. The number of rotatable bonds is 7. The zero-order valence-corrected chi connectivity index (χ0v) is 20.1. The number of fused-ring (bicyclic) bond motifs is 1. The highest BCUT2D eigenvalue weighted by Crippen LogP contribution is 2.35. The van der Waals surface area contributed by atoms with Crippen molar-refractivity contribution >= 4 is 11.8 Å². The number of nitrogens with one attached hydrogen (secondary N) is 1. The largest absolute Gasteiger partial charge is 0.475 e. The Balaban J connectivity index is 1.41. The third kappa shape index (κ3) is 5.04. The molecule has 2 aromatic rings. The van der Waals surface area contributed by atoms with Crippen molar-refractivity contribution in [1.82, 2.24) is 19.7 Å². The van der Waals surface area contributed by atoms with Gasteiger partial charge in [-0.05, 0) is 38.4 Å². The minimum atomic E-state index is -0.915. The van der Waals surface area contributed by atoms with E-state index in [4.69, 9.17) is 9.72 Å². The summed E-state index contributed by atoms with van der Waals surface area (Å²) in [6.07, 6.45) is 2.08. The van der Waals surface area contributed by atoms with Gasteiger partial charge in [-0.25, -0.2) is 9.78 Å². The number of carboxylic acid groups (broad SMARTS) is 1. The first kappa shape index (κ1) is 23.4. The van der Waals surface area contributed by atoms with Crippen LogP contribution in [-0.4, -0.2) is 82.8 Å². The zero-order chi connectivity index (χ0) is 24.4. The summed E-state index contributed by atoms with van der Waals surface area (Å²) in [4.78, 5) is 22.1. The number of likely N-dealkylation sites (N-methyl/N-ethyl adjacent to an activating group) is 1. The molecule has 2 N–H and O–H groups in total. The van der Waals surface area contributed by atoms with E-state index in [2.05, 4.69) is 52.5 Å². The van der Waals surface area contributed by atoms with E-state index in [1.807, 2.05) is 6.07 Å². The molecule has 1 aromatic heterocycles. The van der Waals surface area contributed by atoms with Crippen molar-refractivity contribution < 1.29 is 14.6 Å². The van der Waals surface area contributed by atoms with Crippen molar-refractivity contribution in [3.05, 3.63) is 52.7 Å². The van der Waals surface area contributed by atoms with Gasteiger partial charge in [0.1, 0.15) is 18.2 Å². The van der Waals surface area contributed by atoms with Crippen LogP contribution in [0.15, 0.2) is 30.3 Å². The fraction of sp³-hybridized carbons (Fsp3) is 0.500. The van der Waals surface area contributed by atoms with E-state index in [0.717, 1.165) is 55.8 Å². The van der Waals surface area contributed by atoms with E-state index in [1.54, 1.807) is 0 Å². The van der Waals surface area contributed by atoms with Crippen LogP contribution >= 0.6 is 0 Å². The van der Waals surface area contributed by atoms with Crippen LogP contribution in [0.4, 0.5) is 10.5 Å². The number of hydrogen-bond acceptors (Lipinski definition) is 7. The molecule has 0 saturated carbocycles. The second-order valence-corrected chi connectivity index (χ2v) is 9.77. The standard InChI is InChI=1S/C26H32N6O3/c1-30-10-5-8-20(30)17-35-25-22(12-27)24(28-19-14-32(15-19)26(33)34)21-9-11-31(16-23(21)29-25)13-18-6-3-2-4-7-18/h2-4,6-7,19-20H,5,8-11,13-17H2,1H3,(H,28,29)(H,33,34). The fourth-order valence-electron chi connectivity index (χ4n) is 5.25. The maximum atomic E-state index is 11.2. The van der Waals surface area contributed by atoms with Crippen LogP contribution in [0.5, 0.6) is 5.88 Å². The van der Waals surface area contributed by atoms with Gasteiger partial charge in [0.25, 0.3) is 0 Å². The lowest BCUT2D eigenvalue weighted by atomic mass is 9.97. The summed E-state index contributed by atoms with van der Waals surface area (Å²) in [6.45, 7) is 4.74. The Kier molecular flexibility index (Phi) is 6.75. The number of nitriles is 1. The summed E-state index contributed by atoms with van der Waals surface area (Å²) < 4.78 is 6.20. The number of likely N-dealkylation sites (tertiary alicyclic amines) is 2. The number of aromatic nitrogens is 1.